The minimum absolute atomic E-state index is 0.0310. The normalized spacial score (nSPS) is 18.7. The largest absolute Gasteiger partial charge is 0.384 e. The third-order valence-corrected chi connectivity index (χ3v) is 6.24. The molecule has 3 aromatic rings. The van der Waals surface area contributed by atoms with Gasteiger partial charge in [0, 0.05) is 35.1 Å². The lowest BCUT2D eigenvalue weighted by Gasteiger charge is -2.27. The molecule has 6 N–H and O–H groups in total. The SMILES string of the molecule is N=C(N)c1ccc2cc(C(=O)NC3CCC(N)CC3)n(CCCc3ccccc3)c2c1. The molecule has 0 aliphatic heterocycles. The molecular weight excluding hydrogens is 386 g/mol. The van der Waals surface area contributed by atoms with Gasteiger partial charge in [-0.05, 0) is 56.2 Å². The molecule has 1 amide bonds. The Morgan fingerprint density at radius 2 is 1.81 bits per heavy atom. The van der Waals surface area contributed by atoms with Crippen LogP contribution in [0.15, 0.2) is 54.6 Å². The molecule has 6 nitrogen and oxygen atoms in total. The Morgan fingerprint density at radius 1 is 1.06 bits per heavy atom. The first-order chi connectivity index (χ1) is 15.0. The van der Waals surface area contributed by atoms with Gasteiger partial charge in [-0.3, -0.25) is 10.2 Å². The molecule has 0 saturated heterocycles. The second-order valence-electron chi connectivity index (χ2n) is 8.54. The molecule has 0 bridgehead atoms. The number of fused-ring (bicyclic) bond motifs is 1. The third kappa shape index (κ3) is 4.97. The summed E-state index contributed by atoms with van der Waals surface area (Å²) in [6.45, 7) is 0.720. The highest BCUT2D eigenvalue weighted by Gasteiger charge is 2.23. The molecule has 0 atom stereocenters. The van der Waals surface area contributed by atoms with E-state index in [1.165, 1.54) is 5.56 Å². The second kappa shape index (κ2) is 9.35. The molecule has 1 heterocycles. The van der Waals surface area contributed by atoms with Gasteiger partial charge in [0.15, 0.2) is 0 Å². The molecule has 6 heteroatoms. The predicted octanol–water partition coefficient (Wildman–Crippen LogP) is 3.56. The number of hydrogen-bond acceptors (Lipinski definition) is 3. The minimum atomic E-state index is -0.0410. The highest BCUT2D eigenvalue weighted by Crippen LogP contribution is 2.24. The van der Waals surface area contributed by atoms with Crippen molar-refractivity contribution < 1.29 is 4.79 Å². The number of nitrogen functional groups attached to an aromatic ring is 1. The zero-order chi connectivity index (χ0) is 21.8. The smallest absolute Gasteiger partial charge is 0.268 e. The van der Waals surface area contributed by atoms with Crippen LogP contribution in [0.3, 0.4) is 0 Å². The van der Waals surface area contributed by atoms with Crippen LogP contribution >= 0.6 is 0 Å². The Morgan fingerprint density at radius 3 is 2.52 bits per heavy atom. The number of amidine groups is 1. The predicted molar refractivity (Wildman–Crippen MR) is 125 cm³/mol. The first-order valence-corrected chi connectivity index (χ1v) is 11.1. The average molecular weight is 418 g/mol. The number of carbonyl (C=O) groups excluding carboxylic acids is 1. The number of nitrogens with two attached hydrogens (primary N) is 2. The Hall–Kier alpha value is -3.12. The van der Waals surface area contributed by atoms with Crippen LogP contribution in [0.25, 0.3) is 10.9 Å². The van der Waals surface area contributed by atoms with Crippen LogP contribution in [0.1, 0.15) is 53.7 Å². The topological polar surface area (TPSA) is 110 Å². The van der Waals surface area contributed by atoms with Crippen LogP contribution in [0.5, 0.6) is 0 Å². The lowest BCUT2D eigenvalue weighted by atomic mass is 9.92. The summed E-state index contributed by atoms with van der Waals surface area (Å²) in [7, 11) is 0. The standard InChI is InChI=1S/C25H31N5O/c26-20-10-12-21(13-11-20)29-25(31)23-15-18-8-9-19(24(27)28)16-22(18)30(23)14-4-7-17-5-2-1-3-6-17/h1-3,5-6,8-9,15-16,20-21H,4,7,10-14,26H2,(H3,27,28)(H,29,31). The van der Waals surface area contributed by atoms with Gasteiger partial charge in [0.25, 0.3) is 5.91 Å². The van der Waals surface area contributed by atoms with E-state index in [1.807, 2.05) is 30.3 Å². The van der Waals surface area contributed by atoms with E-state index in [0.717, 1.165) is 56.0 Å². The van der Waals surface area contributed by atoms with Crippen LogP contribution in [-0.4, -0.2) is 28.4 Å². The van der Waals surface area contributed by atoms with Gasteiger partial charge >= 0.3 is 0 Å². The summed E-state index contributed by atoms with van der Waals surface area (Å²) < 4.78 is 2.08. The Bertz CT molecular complexity index is 1060. The molecule has 4 rings (SSSR count). The van der Waals surface area contributed by atoms with Crippen molar-refractivity contribution in [1.82, 2.24) is 9.88 Å². The first kappa shape index (κ1) is 21.1. The van der Waals surface area contributed by atoms with Gasteiger partial charge in [0.05, 0.1) is 0 Å². The van der Waals surface area contributed by atoms with E-state index >= 15 is 0 Å². The quantitative estimate of drug-likeness (QED) is 0.348. The Balaban J connectivity index is 1.58. The van der Waals surface area contributed by atoms with Crippen molar-refractivity contribution in [3.05, 3.63) is 71.4 Å². The summed E-state index contributed by atoms with van der Waals surface area (Å²) in [6, 6.07) is 18.4. The van der Waals surface area contributed by atoms with Gasteiger partial charge in [-0.25, -0.2) is 0 Å². The highest BCUT2D eigenvalue weighted by atomic mass is 16.2. The number of nitrogens with zero attached hydrogens (tertiary/aromatic N) is 1. The number of aryl methyl sites for hydroxylation is 2. The summed E-state index contributed by atoms with van der Waals surface area (Å²) in [5, 5.41) is 12.0. The monoisotopic (exact) mass is 417 g/mol. The van der Waals surface area contributed by atoms with Gasteiger partial charge in [0.1, 0.15) is 11.5 Å². The number of nitrogens with one attached hydrogen (secondary N) is 2. The van der Waals surface area contributed by atoms with E-state index in [2.05, 4.69) is 34.1 Å². The van der Waals surface area contributed by atoms with Crippen molar-refractivity contribution in [1.29, 1.82) is 5.41 Å². The fourth-order valence-electron chi connectivity index (χ4n) is 4.46. The molecule has 31 heavy (non-hydrogen) atoms. The molecule has 1 fully saturated rings. The summed E-state index contributed by atoms with van der Waals surface area (Å²) in [5.74, 6) is -0.00996. The Labute approximate surface area is 183 Å². The second-order valence-corrected chi connectivity index (χ2v) is 8.54. The number of amides is 1. The van der Waals surface area contributed by atoms with Crippen molar-refractivity contribution in [2.24, 2.45) is 11.5 Å². The summed E-state index contributed by atoms with van der Waals surface area (Å²) >= 11 is 0. The highest BCUT2D eigenvalue weighted by molar-refractivity contribution is 6.02. The Kier molecular flexibility index (Phi) is 6.37. The summed E-state index contributed by atoms with van der Waals surface area (Å²) in [4.78, 5) is 13.2. The van der Waals surface area contributed by atoms with Crippen molar-refractivity contribution in [2.75, 3.05) is 0 Å². The van der Waals surface area contributed by atoms with Crippen LogP contribution in [0, 0.1) is 5.41 Å². The zero-order valence-corrected chi connectivity index (χ0v) is 17.8. The van der Waals surface area contributed by atoms with Crippen LogP contribution in [0.4, 0.5) is 0 Å². The third-order valence-electron chi connectivity index (χ3n) is 6.24. The van der Waals surface area contributed by atoms with E-state index in [-0.39, 0.29) is 23.8 Å². The molecule has 1 saturated carbocycles. The van der Waals surface area contributed by atoms with Crippen LogP contribution in [-0.2, 0) is 13.0 Å². The zero-order valence-electron chi connectivity index (χ0n) is 17.8. The summed E-state index contributed by atoms with van der Waals surface area (Å²) in [6.07, 6.45) is 5.61. The maximum Gasteiger partial charge on any atom is 0.268 e. The molecule has 162 valence electrons. The molecule has 1 aliphatic carbocycles. The van der Waals surface area contributed by atoms with E-state index in [4.69, 9.17) is 16.9 Å². The molecule has 0 unspecified atom stereocenters. The van der Waals surface area contributed by atoms with Crippen molar-refractivity contribution in [3.8, 4) is 0 Å². The van der Waals surface area contributed by atoms with Gasteiger partial charge in [0.2, 0.25) is 0 Å². The number of carbonyl (C=O) groups is 1. The number of hydrogen-bond donors (Lipinski definition) is 4. The van der Waals surface area contributed by atoms with Gasteiger partial charge in [-0.1, -0.05) is 42.5 Å². The van der Waals surface area contributed by atoms with Gasteiger partial charge in [-0.15, -0.1) is 0 Å². The molecule has 1 aromatic heterocycles. The molecule has 2 aromatic carbocycles. The number of rotatable bonds is 7. The molecular formula is C25H31N5O. The molecule has 1 aliphatic rings. The van der Waals surface area contributed by atoms with Crippen LogP contribution in [0.2, 0.25) is 0 Å². The van der Waals surface area contributed by atoms with Gasteiger partial charge in [-0.2, -0.15) is 0 Å². The molecule has 0 spiro atoms. The van der Waals surface area contributed by atoms with Crippen molar-refractivity contribution in [3.63, 3.8) is 0 Å². The minimum Gasteiger partial charge on any atom is -0.384 e. The van der Waals surface area contributed by atoms with Crippen molar-refractivity contribution in [2.45, 2.75) is 57.2 Å². The van der Waals surface area contributed by atoms with E-state index in [9.17, 15) is 4.79 Å². The number of aromatic nitrogens is 1. The van der Waals surface area contributed by atoms with Crippen LogP contribution < -0.4 is 16.8 Å². The fourth-order valence-corrected chi connectivity index (χ4v) is 4.46. The number of benzene rings is 2. The maximum atomic E-state index is 13.2. The average Bonchev–Trinajstić information content (AvgIpc) is 3.14. The van der Waals surface area contributed by atoms with E-state index < -0.39 is 0 Å². The van der Waals surface area contributed by atoms with E-state index in [0.29, 0.717) is 11.3 Å². The molecule has 0 radical (unpaired) electrons. The lowest BCUT2D eigenvalue weighted by Crippen LogP contribution is -2.41. The maximum absolute atomic E-state index is 13.2. The van der Waals surface area contributed by atoms with Crippen molar-refractivity contribution >= 4 is 22.6 Å². The van der Waals surface area contributed by atoms with E-state index in [1.54, 1.807) is 0 Å². The summed E-state index contributed by atoms with van der Waals surface area (Å²) in [5.41, 5.74) is 15.3. The fraction of sp³-hybridized carbons (Fsp3) is 0.360. The first-order valence-electron chi connectivity index (χ1n) is 11.1. The lowest BCUT2D eigenvalue weighted by molar-refractivity contribution is 0.0916. The van der Waals surface area contributed by atoms with Gasteiger partial charge < -0.3 is 21.4 Å².